The van der Waals surface area contributed by atoms with Gasteiger partial charge in [-0.1, -0.05) is 0 Å². The molecule has 79 valence electrons. The second kappa shape index (κ2) is 6.23. The largest absolute Gasteiger partial charge is 1.00 e. The van der Waals surface area contributed by atoms with Gasteiger partial charge < -0.3 is 24.8 Å². The second-order valence-electron chi connectivity index (χ2n) is 3.76. The minimum atomic E-state index is 0. The third kappa shape index (κ3) is 2.96. The molecule has 0 nitrogen and oxygen atoms in total. The van der Waals surface area contributed by atoms with Crippen molar-refractivity contribution in [3.63, 3.8) is 0 Å². The fraction of sp³-hybridized carbons (Fsp3) is 0.333. The van der Waals surface area contributed by atoms with Gasteiger partial charge in [-0.25, -0.2) is 0 Å². The van der Waals surface area contributed by atoms with E-state index in [1.54, 1.807) is 30.3 Å². The molecule has 0 aromatic rings. The van der Waals surface area contributed by atoms with Crippen LogP contribution in [0, 0.1) is 5.92 Å². The number of hydrogen-bond acceptors (Lipinski definition) is 0. The molecule has 0 N–H and O–H groups in total. The van der Waals surface area contributed by atoms with Crippen molar-refractivity contribution in [2.24, 2.45) is 5.92 Å². The summed E-state index contributed by atoms with van der Waals surface area (Å²) in [5.74, 6) is 0.588. The Morgan fingerprint density at radius 1 is 1.13 bits per heavy atom. The molecule has 15 heavy (non-hydrogen) atoms. The molecule has 0 saturated carbocycles. The monoisotopic (exact) mass is 317 g/mol. The number of halogens is 2. The van der Waals surface area contributed by atoms with Crippen molar-refractivity contribution >= 4 is 0 Å². The predicted molar refractivity (Wildman–Crippen MR) is 52.0 cm³/mol. The van der Waals surface area contributed by atoms with Gasteiger partial charge in [-0.3, -0.25) is 0 Å². The minimum Gasteiger partial charge on any atom is -1.00 e. The van der Waals surface area contributed by atoms with E-state index in [2.05, 4.69) is 44.2 Å². The molecule has 2 aliphatic rings. The Bertz CT molecular complexity index is 351. The Hall–Kier alpha value is 0.423. The van der Waals surface area contributed by atoms with Crippen LogP contribution in [0.2, 0.25) is 3.63 Å². The van der Waals surface area contributed by atoms with Crippen molar-refractivity contribution in [2.75, 3.05) is 0 Å². The molecule has 0 heterocycles. The Morgan fingerprint density at radius 3 is 2.47 bits per heavy atom. The normalized spacial score (nSPS) is 27.6. The molecule has 0 spiro atoms. The zero-order valence-electron chi connectivity index (χ0n) is 8.80. The summed E-state index contributed by atoms with van der Waals surface area (Å²) >= 11 is 1.61. The van der Waals surface area contributed by atoms with Crippen LogP contribution < -0.4 is 24.8 Å². The molecule has 2 atom stereocenters. The molecule has 0 bridgehead atoms. The van der Waals surface area contributed by atoms with Gasteiger partial charge in [0, 0.05) is 0 Å². The van der Waals surface area contributed by atoms with Crippen LogP contribution >= 0.6 is 0 Å². The van der Waals surface area contributed by atoms with Crippen molar-refractivity contribution in [3.8, 4) is 0 Å². The van der Waals surface area contributed by atoms with Crippen LogP contribution in [0.3, 0.4) is 0 Å². The first kappa shape index (κ1) is 15.4. The summed E-state index contributed by atoms with van der Waals surface area (Å²) in [5, 5.41) is 0. The Morgan fingerprint density at radius 2 is 1.80 bits per heavy atom. The molecule has 0 aromatic carbocycles. The van der Waals surface area contributed by atoms with Gasteiger partial charge >= 0.3 is 95.2 Å². The molecule has 2 unspecified atom stereocenters. The van der Waals surface area contributed by atoms with Crippen LogP contribution in [-0.2, 0) is 24.7 Å². The maximum atomic E-state index is 2.37. The first-order valence-electron chi connectivity index (χ1n) is 4.68. The molecule has 0 amide bonds. The van der Waals surface area contributed by atoms with E-state index in [-0.39, 0.29) is 24.8 Å². The summed E-state index contributed by atoms with van der Waals surface area (Å²) < 4.78 is 0.709. The first-order valence-corrected chi connectivity index (χ1v) is 6.10. The van der Waals surface area contributed by atoms with Crippen LogP contribution in [-0.4, -0.2) is 0 Å². The van der Waals surface area contributed by atoms with E-state index in [4.69, 9.17) is 0 Å². The van der Waals surface area contributed by atoms with Gasteiger partial charge in [-0.2, -0.15) is 0 Å². The van der Waals surface area contributed by atoms with Gasteiger partial charge in [0.25, 0.3) is 0 Å². The average molecular weight is 319 g/mol. The fourth-order valence-corrected chi connectivity index (χ4v) is 2.76. The van der Waals surface area contributed by atoms with E-state index in [0.717, 1.165) is 0 Å². The van der Waals surface area contributed by atoms with Crippen molar-refractivity contribution in [1.29, 1.82) is 0 Å². The summed E-state index contributed by atoms with van der Waals surface area (Å²) in [6, 6.07) is 0. The fourth-order valence-electron chi connectivity index (χ4n) is 1.90. The van der Waals surface area contributed by atoms with Crippen LogP contribution in [0.25, 0.3) is 0 Å². The molecule has 0 radical (unpaired) electrons. The zero-order valence-corrected chi connectivity index (χ0v) is 12.8. The molecule has 0 fully saturated rings. The van der Waals surface area contributed by atoms with E-state index in [9.17, 15) is 0 Å². The van der Waals surface area contributed by atoms with E-state index in [0.29, 0.717) is 9.54 Å². The van der Waals surface area contributed by atoms with Gasteiger partial charge in [0.2, 0.25) is 0 Å². The van der Waals surface area contributed by atoms with Crippen LogP contribution in [0.4, 0.5) is 0 Å². The van der Waals surface area contributed by atoms with Gasteiger partial charge in [0.1, 0.15) is 0 Å². The van der Waals surface area contributed by atoms with E-state index < -0.39 is 0 Å². The Labute approximate surface area is 119 Å². The summed E-state index contributed by atoms with van der Waals surface area (Å²) in [6.07, 6.45) is 11.3. The van der Waals surface area contributed by atoms with Crippen molar-refractivity contribution in [1.82, 2.24) is 0 Å². The third-order valence-corrected chi connectivity index (χ3v) is 4.64. The Kier molecular flexibility index (Phi) is 6.41. The quantitative estimate of drug-likeness (QED) is 0.458. The zero-order chi connectivity index (χ0) is 9.42. The van der Waals surface area contributed by atoms with Crippen LogP contribution in [0.1, 0.15) is 13.8 Å². The molecule has 0 saturated heterocycles. The number of allylic oxidation sites excluding steroid dienone is 8. The van der Waals surface area contributed by atoms with Gasteiger partial charge in [0.15, 0.2) is 0 Å². The molecule has 0 aromatic heterocycles. The molecule has 0 aliphatic heterocycles. The van der Waals surface area contributed by atoms with Gasteiger partial charge in [-0.15, -0.1) is 0 Å². The maximum absolute atomic E-state index is 2.37. The average Bonchev–Trinajstić information content (AvgIpc) is 2.30. The molecular weight excluding hydrogens is 306 g/mol. The summed E-state index contributed by atoms with van der Waals surface area (Å²) in [5.41, 5.74) is 4.62. The number of hydrogen-bond donors (Lipinski definition) is 0. The Balaban J connectivity index is 0.000000980. The van der Waals surface area contributed by atoms with Gasteiger partial charge in [-0.05, 0) is 0 Å². The molecule has 3 heteroatoms. The summed E-state index contributed by atoms with van der Waals surface area (Å²) in [6.45, 7) is 4.52. The molecular formula is C12H13Cl2Zr. The van der Waals surface area contributed by atoms with Crippen LogP contribution in [0.15, 0.2) is 47.1 Å². The van der Waals surface area contributed by atoms with E-state index in [1.165, 1.54) is 11.1 Å². The van der Waals surface area contributed by atoms with Crippen LogP contribution in [0.5, 0.6) is 0 Å². The van der Waals surface area contributed by atoms with E-state index in [1.807, 2.05) is 0 Å². The topological polar surface area (TPSA) is 0 Å². The molecule has 2 rings (SSSR count). The smallest absolute Gasteiger partial charge is 1.00 e. The summed E-state index contributed by atoms with van der Waals surface area (Å²) in [7, 11) is 0. The maximum Gasteiger partial charge on any atom is -1.00 e. The first-order chi connectivity index (χ1) is 6.20. The number of rotatable bonds is 0. The van der Waals surface area contributed by atoms with Crippen molar-refractivity contribution < 1.29 is 49.5 Å². The minimum absolute atomic E-state index is 0. The molecule has 2 aliphatic carbocycles. The van der Waals surface area contributed by atoms with Crippen molar-refractivity contribution in [2.45, 2.75) is 17.5 Å². The third-order valence-electron chi connectivity index (χ3n) is 2.76. The predicted octanol–water partition coefficient (Wildman–Crippen LogP) is -2.65. The van der Waals surface area contributed by atoms with Gasteiger partial charge in [0.05, 0.1) is 0 Å². The second-order valence-corrected chi connectivity index (χ2v) is 5.18. The standard InChI is InChI=1S/C12H13.2ClH.Zr/c1-9-7-11-6-4-3-5-10(2)12(11)8-9;;;/h3-8,10H,1-2H3;2*1H;/q;;;+2/p-2. The SMILES string of the molecule is CC1=CC2=C(C=CC=CC2C)[CH]1[Zr+2].[Cl-].[Cl-]. The van der Waals surface area contributed by atoms with E-state index >= 15 is 0 Å². The summed E-state index contributed by atoms with van der Waals surface area (Å²) in [4.78, 5) is 0. The van der Waals surface area contributed by atoms with Crippen molar-refractivity contribution in [3.05, 3.63) is 47.1 Å².